The number of aryl methyl sites for hydroxylation is 1. The molecule has 0 aliphatic carbocycles. The Kier molecular flexibility index (Phi) is 1.86. The number of nitrogens with zero attached hydrogens (tertiary/aromatic N) is 2. The summed E-state index contributed by atoms with van der Waals surface area (Å²) in [6.45, 7) is 1.50. The van der Waals surface area contributed by atoms with Gasteiger partial charge < -0.3 is 10.2 Å². The highest BCUT2D eigenvalue weighted by Gasteiger charge is 2.22. The summed E-state index contributed by atoms with van der Waals surface area (Å²) in [7, 11) is 0. The minimum atomic E-state index is -1.65. The van der Waals surface area contributed by atoms with Crippen LogP contribution in [-0.4, -0.2) is 26.5 Å². The SMILES string of the molecule is Cc1nonc1C(O)C(=O)O. The second-order valence-electron chi connectivity index (χ2n) is 1.98. The van der Waals surface area contributed by atoms with Crippen LogP contribution in [0.1, 0.15) is 17.5 Å². The van der Waals surface area contributed by atoms with Gasteiger partial charge in [0.15, 0.2) is 6.10 Å². The van der Waals surface area contributed by atoms with Crippen molar-refractivity contribution in [3.8, 4) is 0 Å². The lowest BCUT2D eigenvalue weighted by atomic mass is 10.2. The second-order valence-corrected chi connectivity index (χ2v) is 1.98. The van der Waals surface area contributed by atoms with Crippen molar-refractivity contribution in [1.82, 2.24) is 10.3 Å². The van der Waals surface area contributed by atoms with E-state index in [4.69, 9.17) is 10.2 Å². The maximum Gasteiger partial charge on any atom is 0.339 e. The Morgan fingerprint density at radius 1 is 1.64 bits per heavy atom. The number of carboxylic acids is 1. The monoisotopic (exact) mass is 158 g/mol. The van der Waals surface area contributed by atoms with E-state index in [0.29, 0.717) is 0 Å². The number of aliphatic carboxylic acids is 1. The van der Waals surface area contributed by atoms with Crippen molar-refractivity contribution >= 4 is 5.97 Å². The largest absolute Gasteiger partial charge is 0.479 e. The first kappa shape index (κ1) is 7.67. The number of aliphatic hydroxyl groups is 1. The van der Waals surface area contributed by atoms with Crippen LogP contribution < -0.4 is 0 Å². The van der Waals surface area contributed by atoms with Crippen molar-refractivity contribution in [1.29, 1.82) is 0 Å². The minimum absolute atomic E-state index is 0.0579. The molecular weight excluding hydrogens is 152 g/mol. The zero-order valence-corrected chi connectivity index (χ0v) is 5.68. The summed E-state index contributed by atoms with van der Waals surface area (Å²) in [5, 5.41) is 23.8. The molecule has 0 aliphatic heterocycles. The average molecular weight is 158 g/mol. The van der Waals surface area contributed by atoms with E-state index >= 15 is 0 Å². The predicted molar refractivity (Wildman–Crippen MR) is 31.6 cm³/mol. The van der Waals surface area contributed by atoms with E-state index in [2.05, 4.69) is 14.9 Å². The summed E-state index contributed by atoms with van der Waals surface area (Å²) in [5.74, 6) is -1.37. The lowest BCUT2D eigenvalue weighted by Crippen LogP contribution is -2.11. The molecule has 1 atom stereocenters. The summed E-state index contributed by atoms with van der Waals surface area (Å²) >= 11 is 0. The molecule has 1 aromatic heterocycles. The van der Waals surface area contributed by atoms with Crippen molar-refractivity contribution in [3.63, 3.8) is 0 Å². The fraction of sp³-hybridized carbons (Fsp3) is 0.400. The molecule has 0 amide bonds. The van der Waals surface area contributed by atoms with Crippen LogP contribution in [-0.2, 0) is 4.79 Å². The Balaban J connectivity index is 2.92. The maximum absolute atomic E-state index is 10.2. The highest BCUT2D eigenvalue weighted by atomic mass is 16.6. The number of aromatic nitrogens is 2. The molecule has 0 saturated carbocycles. The molecule has 11 heavy (non-hydrogen) atoms. The molecule has 6 heteroatoms. The van der Waals surface area contributed by atoms with Gasteiger partial charge in [0.2, 0.25) is 0 Å². The number of hydrogen-bond donors (Lipinski definition) is 2. The van der Waals surface area contributed by atoms with Crippen LogP contribution >= 0.6 is 0 Å². The quantitative estimate of drug-likeness (QED) is 0.602. The number of carboxylic acid groups (broad SMARTS) is 1. The van der Waals surface area contributed by atoms with Crippen LogP contribution in [0.3, 0.4) is 0 Å². The van der Waals surface area contributed by atoms with Crippen molar-refractivity contribution < 1.29 is 19.6 Å². The molecule has 6 nitrogen and oxygen atoms in total. The molecule has 0 radical (unpaired) electrons. The van der Waals surface area contributed by atoms with Gasteiger partial charge in [0.1, 0.15) is 11.4 Å². The summed E-state index contributed by atoms with van der Waals surface area (Å²) in [6, 6.07) is 0. The van der Waals surface area contributed by atoms with E-state index in [-0.39, 0.29) is 11.4 Å². The van der Waals surface area contributed by atoms with Gasteiger partial charge in [-0.15, -0.1) is 0 Å². The van der Waals surface area contributed by atoms with Gasteiger partial charge in [-0.2, -0.15) is 0 Å². The normalized spacial score (nSPS) is 12.9. The Morgan fingerprint density at radius 2 is 2.27 bits per heavy atom. The molecule has 1 aromatic rings. The fourth-order valence-corrected chi connectivity index (χ4v) is 0.603. The van der Waals surface area contributed by atoms with Crippen LogP contribution in [0.5, 0.6) is 0 Å². The van der Waals surface area contributed by atoms with Gasteiger partial charge in [-0.05, 0) is 6.92 Å². The molecule has 1 rings (SSSR count). The molecule has 0 aliphatic rings. The second kappa shape index (κ2) is 2.67. The minimum Gasteiger partial charge on any atom is -0.479 e. The van der Waals surface area contributed by atoms with Crippen molar-refractivity contribution in [2.45, 2.75) is 13.0 Å². The standard InChI is InChI=1S/C5H6N2O4/c1-2-3(7-11-6-2)4(8)5(9)10/h4,8H,1H3,(H,9,10). The third-order valence-electron chi connectivity index (χ3n) is 1.18. The summed E-state index contributed by atoms with van der Waals surface area (Å²) in [5.41, 5.74) is 0.220. The first-order valence-electron chi connectivity index (χ1n) is 2.83. The molecule has 2 N–H and O–H groups in total. The van der Waals surface area contributed by atoms with E-state index in [9.17, 15) is 4.79 Å². The zero-order chi connectivity index (χ0) is 8.43. The highest BCUT2D eigenvalue weighted by Crippen LogP contribution is 2.12. The lowest BCUT2D eigenvalue weighted by Gasteiger charge is -1.98. The third kappa shape index (κ3) is 1.35. The van der Waals surface area contributed by atoms with Crippen LogP contribution in [0.25, 0.3) is 0 Å². The van der Waals surface area contributed by atoms with E-state index in [1.165, 1.54) is 6.92 Å². The van der Waals surface area contributed by atoms with Gasteiger partial charge in [-0.25, -0.2) is 9.42 Å². The Hall–Kier alpha value is -1.43. The maximum atomic E-state index is 10.2. The summed E-state index contributed by atoms with van der Waals surface area (Å²) < 4.78 is 4.19. The number of hydrogen-bond acceptors (Lipinski definition) is 5. The highest BCUT2D eigenvalue weighted by molar-refractivity contribution is 5.73. The number of aliphatic hydroxyl groups excluding tert-OH is 1. The Morgan fingerprint density at radius 3 is 2.64 bits per heavy atom. The van der Waals surface area contributed by atoms with Gasteiger partial charge in [0.05, 0.1) is 0 Å². The van der Waals surface area contributed by atoms with Crippen molar-refractivity contribution in [2.75, 3.05) is 0 Å². The first-order valence-corrected chi connectivity index (χ1v) is 2.83. The predicted octanol–water partition coefficient (Wildman–Crippen LogP) is -0.504. The number of carbonyl (C=O) groups is 1. The van der Waals surface area contributed by atoms with Crippen LogP contribution in [0.4, 0.5) is 0 Å². The van der Waals surface area contributed by atoms with E-state index in [1.807, 2.05) is 0 Å². The van der Waals surface area contributed by atoms with E-state index in [0.717, 1.165) is 0 Å². The van der Waals surface area contributed by atoms with Crippen LogP contribution in [0.15, 0.2) is 4.63 Å². The molecular formula is C5H6N2O4. The molecule has 0 spiro atoms. The third-order valence-corrected chi connectivity index (χ3v) is 1.18. The lowest BCUT2D eigenvalue weighted by molar-refractivity contribution is -0.147. The average Bonchev–Trinajstić information content (AvgIpc) is 2.33. The van der Waals surface area contributed by atoms with Gasteiger partial charge in [0.25, 0.3) is 0 Å². The van der Waals surface area contributed by atoms with Gasteiger partial charge >= 0.3 is 5.97 Å². The molecule has 0 saturated heterocycles. The summed E-state index contributed by atoms with van der Waals surface area (Å²) in [4.78, 5) is 10.2. The molecule has 60 valence electrons. The topological polar surface area (TPSA) is 96.5 Å². The molecule has 0 aromatic carbocycles. The Labute approximate surface area is 61.4 Å². The van der Waals surface area contributed by atoms with Crippen LogP contribution in [0, 0.1) is 6.92 Å². The molecule has 0 bridgehead atoms. The van der Waals surface area contributed by atoms with Crippen molar-refractivity contribution in [3.05, 3.63) is 11.4 Å². The van der Waals surface area contributed by atoms with E-state index < -0.39 is 12.1 Å². The molecule has 0 fully saturated rings. The van der Waals surface area contributed by atoms with Gasteiger partial charge in [-0.1, -0.05) is 10.3 Å². The fourth-order valence-electron chi connectivity index (χ4n) is 0.603. The molecule has 1 heterocycles. The number of rotatable bonds is 2. The molecule has 1 unspecified atom stereocenters. The Bertz CT molecular complexity index is 269. The first-order chi connectivity index (χ1) is 5.13. The summed E-state index contributed by atoms with van der Waals surface area (Å²) in [6.07, 6.45) is -1.65. The smallest absolute Gasteiger partial charge is 0.339 e. The van der Waals surface area contributed by atoms with Crippen LogP contribution in [0.2, 0.25) is 0 Å². The van der Waals surface area contributed by atoms with Crippen molar-refractivity contribution in [2.24, 2.45) is 0 Å². The zero-order valence-electron chi connectivity index (χ0n) is 5.68. The van der Waals surface area contributed by atoms with Gasteiger partial charge in [0, 0.05) is 0 Å². The van der Waals surface area contributed by atoms with E-state index in [1.54, 1.807) is 0 Å². The van der Waals surface area contributed by atoms with Gasteiger partial charge in [-0.3, -0.25) is 0 Å².